The molecule has 5 nitrogen and oxygen atoms in total. The lowest BCUT2D eigenvalue weighted by Crippen LogP contribution is -2.32. The van der Waals surface area contributed by atoms with Gasteiger partial charge in [-0.25, -0.2) is 8.42 Å². The Kier molecular flexibility index (Phi) is 3.25. The van der Waals surface area contributed by atoms with Gasteiger partial charge in [0.25, 0.3) is 0 Å². The van der Waals surface area contributed by atoms with Crippen LogP contribution in [0.1, 0.15) is 12.8 Å². The van der Waals surface area contributed by atoms with Crippen LogP contribution in [0.5, 0.6) is 0 Å². The van der Waals surface area contributed by atoms with Crippen LogP contribution in [0.3, 0.4) is 0 Å². The largest absolute Gasteiger partial charge is 0.399 e. The van der Waals surface area contributed by atoms with Crippen molar-refractivity contribution in [1.82, 2.24) is 4.98 Å². The highest BCUT2D eigenvalue weighted by Crippen LogP contribution is 2.26. The van der Waals surface area contributed by atoms with Gasteiger partial charge in [-0.05, 0) is 37.1 Å². The van der Waals surface area contributed by atoms with E-state index in [1.54, 1.807) is 6.20 Å². The average molecular weight is 291 g/mol. The molecule has 3 rings (SSSR count). The highest BCUT2D eigenvalue weighted by Gasteiger charge is 2.23. The number of nitrogens with zero attached hydrogens (tertiary/aromatic N) is 1. The number of fused-ring (bicyclic) bond motifs is 1. The average Bonchev–Trinajstić information content (AvgIpc) is 2.41. The second-order valence-corrected chi connectivity index (χ2v) is 7.51. The zero-order chi connectivity index (χ0) is 14.2. The first kappa shape index (κ1) is 13.2. The topological polar surface area (TPSA) is 85.1 Å². The van der Waals surface area contributed by atoms with Gasteiger partial charge in [0, 0.05) is 29.0 Å². The molecule has 1 fully saturated rings. The first-order valence-electron chi connectivity index (χ1n) is 6.65. The minimum atomic E-state index is -2.82. The molecule has 6 heteroatoms. The summed E-state index contributed by atoms with van der Waals surface area (Å²) in [5.41, 5.74) is 8.28. The summed E-state index contributed by atoms with van der Waals surface area (Å²) in [6, 6.07) is 7.75. The molecule has 0 spiro atoms. The van der Waals surface area contributed by atoms with Crippen molar-refractivity contribution >= 4 is 32.1 Å². The van der Waals surface area contributed by atoms with E-state index in [-0.39, 0.29) is 17.5 Å². The number of anilines is 2. The number of hydrogen-bond donors (Lipinski definition) is 2. The van der Waals surface area contributed by atoms with Crippen molar-refractivity contribution in [3.8, 4) is 0 Å². The van der Waals surface area contributed by atoms with Crippen LogP contribution in [0, 0.1) is 0 Å². The van der Waals surface area contributed by atoms with Crippen molar-refractivity contribution in [1.29, 1.82) is 0 Å². The van der Waals surface area contributed by atoms with Crippen molar-refractivity contribution in [3.63, 3.8) is 0 Å². The highest BCUT2D eigenvalue weighted by atomic mass is 32.2. The van der Waals surface area contributed by atoms with E-state index in [2.05, 4.69) is 10.3 Å². The summed E-state index contributed by atoms with van der Waals surface area (Å²) in [4.78, 5) is 4.30. The van der Waals surface area contributed by atoms with Gasteiger partial charge in [0.15, 0.2) is 0 Å². The lowest BCUT2D eigenvalue weighted by molar-refractivity contribution is 0.560. The van der Waals surface area contributed by atoms with E-state index in [0.717, 1.165) is 16.6 Å². The second kappa shape index (κ2) is 4.94. The summed E-state index contributed by atoms with van der Waals surface area (Å²) in [5.74, 6) is 0.529. The molecule has 0 saturated carbocycles. The normalized spacial score (nSPS) is 19.0. The molecule has 106 valence electrons. The maximum Gasteiger partial charge on any atom is 0.150 e. The van der Waals surface area contributed by atoms with Gasteiger partial charge >= 0.3 is 0 Å². The maximum absolute atomic E-state index is 11.4. The molecular formula is C14H17N3O2S. The quantitative estimate of drug-likeness (QED) is 0.824. The molecule has 1 saturated heterocycles. The van der Waals surface area contributed by atoms with E-state index in [1.165, 1.54) is 0 Å². The van der Waals surface area contributed by atoms with Gasteiger partial charge in [0.1, 0.15) is 9.84 Å². The van der Waals surface area contributed by atoms with Gasteiger partial charge in [-0.15, -0.1) is 0 Å². The summed E-state index contributed by atoms with van der Waals surface area (Å²) in [5, 5.41) is 4.45. The third-order valence-electron chi connectivity index (χ3n) is 3.68. The van der Waals surface area contributed by atoms with E-state index in [1.807, 2.05) is 24.3 Å². The van der Waals surface area contributed by atoms with Gasteiger partial charge in [-0.1, -0.05) is 0 Å². The SMILES string of the molecule is Nc1ccc2c(NC3CCS(=O)(=O)CC3)ccnc2c1. The van der Waals surface area contributed by atoms with Crippen LogP contribution in [0.2, 0.25) is 0 Å². The molecule has 3 N–H and O–H groups in total. The Bertz CT molecular complexity index is 729. The van der Waals surface area contributed by atoms with Gasteiger partial charge in [-0.2, -0.15) is 0 Å². The number of benzene rings is 1. The van der Waals surface area contributed by atoms with Gasteiger partial charge in [-0.3, -0.25) is 4.98 Å². The van der Waals surface area contributed by atoms with Crippen LogP contribution in [-0.2, 0) is 9.84 Å². The first-order chi connectivity index (χ1) is 9.53. The zero-order valence-electron chi connectivity index (χ0n) is 11.0. The van der Waals surface area contributed by atoms with Crippen LogP contribution >= 0.6 is 0 Å². The molecule has 2 aromatic rings. The molecule has 0 radical (unpaired) electrons. The van der Waals surface area contributed by atoms with E-state index < -0.39 is 9.84 Å². The predicted octanol–water partition coefficient (Wildman–Crippen LogP) is 1.81. The fourth-order valence-electron chi connectivity index (χ4n) is 2.55. The van der Waals surface area contributed by atoms with E-state index in [0.29, 0.717) is 18.5 Å². The Balaban J connectivity index is 1.85. The van der Waals surface area contributed by atoms with Crippen LogP contribution in [0.4, 0.5) is 11.4 Å². The van der Waals surface area contributed by atoms with Crippen LogP contribution in [-0.4, -0.2) is 30.9 Å². The molecule has 1 aromatic carbocycles. The highest BCUT2D eigenvalue weighted by molar-refractivity contribution is 7.91. The van der Waals surface area contributed by atoms with Gasteiger partial charge < -0.3 is 11.1 Å². The van der Waals surface area contributed by atoms with Crippen LogP contribution in [0.15, 0.2) is 30.5 Å². The summed E-state index contributed by atoms with van der Waals surface area (Å²) in [6.07, 6.45) is 3.05. The number of nitrogen functional groups attached to an aromatic ring is 1. The molecule has 0 aliphatic carbocycles. The van der Waals surface area contributed by atoms with Gasteiger partial charge in [0.2, 0.25) is 0 Å². The van der Waals surface area contributed by atoms with E-state index in [9.17, 15) is 8.42 Å². The molecule has 0 bridgehead atoms. The maximum atomic E-state index is 11.4. The number of nitrogens with two attached hydrogens (primary N) is 1. The van der Waals surface area contributed by atoms with Crippen molar-refractivity contribution in [2.24, 2.45) is 0 Å². The second-order valence-electron chi connectivity index (χ2n) is 5.21. The molecule has 1 aliphatic rings. The Morgan fingerprint density at radius 3 is 2.70 bits per heavy atom. The number of nitrogens with one attached hydrogen (secondary N) is 1. The molecule has 0 amide bonds. The fourth-order valence-corrected chi connectivity index (χ4v) is 4.04. The molecule has 0 unspecified atom stereocenters. The standard InChI is InChI=1S/C14H17N3O2S/c15-10-1-2-12-13(3-6-16-14(12)9-10)17-11-4-7-20(18,19)8-5-11/h1-3,6,9,11H,4-5,7-8,15H2,(H,16,17). The number of sulfone groups is 1. The third-order valence-corrected chi connectivity index (χ3v) is 5.40. The minimum absolute atomic E-state index is 0.196. The van der Waals surface area contributed by atoms with Crippen molar-refractivity contribution < 1.29 is 8.42 Å². The Morgan fingerprint density at radius 2 is 1.95 bits per heavy atom. The Labute approximate surface area is 118 Å². The Morgan fingerprint density at radius 1 is 1.20 bits per heavy atom. The third kappa shape index (κ3) is 2.70. The zero-order valence-corrected chi connectivity index (χ0v) is 11.9. The monoisotopic (exact) mass is 291 g/mol. The minimum Gasteiger partial charge on any atom is -0.399 e. The van der Waals surface area contributed by atoms with E-state index in [4.69, 9.17) is 5.73 Å². The summed E-state index contributed by atoms with van der Waals surface area (Å²) in [6.45, 7) is 0. The smallest absolute Gasteiger partial charge is 0.150 e. The van der Waals surface area contributed by atoms with Crippen molar-refractivity contribution in [2.45, 2.75) is 18.9 Å². The first-order valence-corrected chi connectivity index (χ1v) is 8.47. The summed E-state index contributed by atoms with van der Waals surface area (Å²) >= 11 is 0. The number of hydrogen-bond acceptors (Lipinski definition) is 5. The van der Waals surface area contributed by atoms with Crippen LogP contribution < -0.4 is 11.1 Å². The molecule has 1 aliphatic heterocycles. The lowest BCUT2D eigenvalue weighted by Gasteiger charge is -2.24. The number of rotatable bonds is 2. The van der Waals surface area contributed by atoms with Crippen LogP contribution in [0.25, 0.3) is 10.9 Å². The molecule has 1 aromatic heterocycles. The fraction of sp³-hybridized carbons (Fsp3) is 0.357. The Hall–Kier alpha value is -1.82. The summed E-state index contributed by atoms with van der Waals surface area (Å²) < 4.78 is 22.9. The molecule has 0 atom stereocenters. The van der Waals surface area contributed by atoms with E-state index >= 15 is 0 Å². The molecule has 20 heavy (non-hydrogen) atoms. The predicted molar refractivity (Wildman–Crippen MR) is 81.5 cm³/mol. The van der Waals surface area contributed by atoms with Crippen molar-refractivity contribution in [2.75, 3.05) is 22.6 Å². The number of pyridine rings is 1. The number of aromatic nitrogens is 1. The molecule has 2 heterocycles. The van der Waals surface area contributed by atoms with Gasteiger partial charge in [0.05, 0.1) is 17.0 Å². The van der Waals surface area contributed by atoms with Crippen molar-refractivity contribution in [3.05, 3.63) is 30.5 Å². The lowest BCUT2D eigenvalue weighted by atomic mass is 10.1. The molecular weight excluding hydrogens is 274 g/mol. The summed E-state index contributed by atoms with van der Waals surface area (Å²) in [7, 11) is -2.82.